The summed E-state index contributed by atoms with van der Waals surface area (Å²) < 4.78 is 5.75. The van der Waals surface area contributed by atoms with Crippen molar-refractivity contribution in [2.45, 2.75) is 26.5 Å². The summed E-state index contributed by atoms with van der Waals surface area (Å²) >= 11 is 7.72. The first-order valence-electron chi connectivity index (χ1n) is 6.22. The van der Waals surface area contributed by atoms with Crippen LogP contribution in [0, 0.1) is 0 Å². The van der Waals surface area contributed by atoms with Gasteiger partial charge < -0.3 is 10.1 Å². The maximum atomic E-state index is 6.08. The van der Waals surface area contributed by atoms with Crippen LogP contribution in [-0.2, 0) is 19.6 Å². The van der Waals surface area contributed by atoms with E-state index in [-0.39, 0.29) is 0 Å². The number of nitrogens with one attached hydrogen (secondary N) is 1. The number of nitrogens with zero attached hydrogens (tertiary/aromatic N) is 1. The van der Waals surface area contributed by atoms with E-state index < -0.39 is 0 Å². The molecule has 1 aromatic carbocycles. The quantitative estimate of drug-likeness (QED) is 0.883. The van der Waals surface area contributed by atoms with E-state index >= 15 is 0 Å². The van der Waals surface area contributed by atoms with Crippen LogP contribution in [0.5, 0.6) is 5.75 Å². The van der Waals surface area contributed by atoms with Gasteiger partial charge in [0.1, 0.15) is 17.4 Å². The van der Waals surface area contributed by atoms with E-state index in [2.05, 4.69) is 17.2 Å². The number of hydrogen-bond donors (Lipinski definition) is 1. The lowest BCUT2D eigenvalue weighted by atomic mass is 10.1. The van der Waals surface area contributed by atoms with Gasteiger partial charge in [-0.15, -0.1) is 11.3 Å². The van der Waals surface area contributed by atoms with Crippen LogP contribution in [-0.4, -0.2) is 12.0 Å². The van der Waals surface area contributed by atoms with Gasteiger partial charge in [-0.2, -0.15) is 0 Å². The third-order valence-electron chi connectivity index (χ3n) is 2.71. The van der Waals surface area contributed by atoms with Crippen molar-refractivity contribution < 1.29 is 4.74 Å². The third kappa shape index (κ3) is 3.93. The van der Waals surface area contributed by atoms with Gasteiger partial charge in [-0.3, -0.25) is 0 Å². The molecule has 0 aliphatic rings. The zero-order valence-electron chi connectivity index (χ0n) is 11.1. The highest BCUT2D eigenvalue weighted by Crippen LogP contribution is 2.23. The van der Waals surface area contributed by atoms with Crippen LogP contribution < -0.4 is 10.1 Å². The Morgan fingerprint density at radius 1 is 1.42 bits per heavy atom. The maximum absolute atomic E-state index is 6.08. The van der Waals surface area contributed by atoms with Crippen LogP contribution >= 0.6 is 22.9 Å². The smallest absolute Gasteiger partial charge is 0.131 e. The van der Waals surface area contributed by atoms with E-state index in [1.807, 2.05) is 30.6 Å². The number of rotatable bonds is 6. The standard InChI is InChI=1S/C14H17ClN2OS/c1-3-10-6-12(4-5-13(10)15)18-8-11-9-19-14(17-11)7-16-2/h4-6,9,16H,3,7-8H2,1-2H3. The highest BCUT2D eigenvalue weighted by atomic mass is 35.5. The van der Waals surface area contributed by atoms with Crippen molar-refractivity contribution >= 4 is 22.9 Å². The fraction of sp³-hybridized carbons (Fsp3) is 0.357. The molecule has 2 aromatic rings. The van der Waals surface area contributed by atoms with Gasteiger partial charge in [0.15, 0.2) is 0 Å². The molecule has 3 nitrogen and oxygen atoms in total. The molecule has 1 heterocycles. The van der Waals surface area contributed by atoms with Crippen LogP contribution in [0.15, 0.2) is 23.6 Å². The molecule has 0 saturated heterocycles. The highest BCUT2D eigenvalue weighted by Gasteiger charge is 2.04. The Hall–Kier alpha value is -1.10. The molecular formula is C14H17ClN2OS. The van der Waals surface area contributed by atoms with Crippen molar-refractivity contribution in [2.24, 2.45) is 0 Å². The minimum Gasteiger partial charge on any atom is -0.487 e. The molecule has 0 aliphatic heterocycles. The summed E-state index contributed by atoms with van der Waals surface area (Å²) in [5.41, 5.74) is 2.07. The molecule has 2 rings (SSSR count). The molecule has 0 amide bonds. The minimum absolute atomic E-state index is 0.491. The van der Waals surface area contributed by atoms with Crippen molar-refractivity contribution in [3.05, 3.63) is 44.9 Å². The van der Waals surface area contributed by atoms with E-state index in [1.54, 1.807) is 11.3 Å². The average molecular weight is 297 g/mol. The van der Waals surface area contributed by atoms with Gasteiger partial charge in [-0.05, 0) is 37.2 Å². The van der Waals surface area contributed by atoms with E-state index in [4.69, 9.17) is 16.3 Å². The van der Waals surface area contributed by atoms with Crippen LogP contribution in [0.1, 0.15) is 23.2 Å². The molecule has 19 heavy (non-hydrogen) atoms. The Kier molecular flexibility index (Phi) is 5.19. The predicted octanol–water partition coefficient (Wildman–Crippen LogP) is 3.66. The number of ether oxygens (including phenoxy) is 1. The molecule has 0 unspecified atom stereocenters. The molecule has 0 bridgehead atoms. The van der Waals surface area contributed by atoms with E-state index in [1.165, 1.54) is 0 Å². The van der Waals surface area contributed by atoms with Gasteiger partial charge in [-0.1, -0.05) is 18.5 Å². The average Bonchev–Trinajstić information content (AvgIpc) is 2.86. The first-order chi connectivity index (χ1) is 9.22. The number of halogens is 1. The molecule has 102 valence electrons. The molecule has 0 spiro atoms. The van der Waals surface area contributed by atoms with Crippen molar-refractivity contribution in [3.8, 4) is 5.75 Å². The van der Waals surface area contributed by atoms with E-state index in [9.17, 15) is 0 Å². The number of aromatic nitrogens is 1. The van der Waals surface area contributed by atoms with Gasteiger partial charge in [0.25, 0.3) is 0 Å². The van der Waals surface area contributed by atoms with Crippen LogP contribution in [0.25, 0.3) is 0 Å². The largest absolute Gasteiger partial charge is 0.487 e. The fourth-order valence-electron chi connectivity index (χ4n) is 1.72. The lowest BCUT2D eigenvalue weighted by Gasteiger charge is -2.07. The molecule has 0 fully saturated rings. The predicted molar refractivity (Wildman–Crippen MR) is 80.0 cm³/mol. The molecule has 0 aliphatic carbocycles. The summed E-state index contributed by atoms with van der Waals surface area (Å²) in [6, 6.07) is 5.76. The topological polar surface area (TPSA) is 34.1 Å². The van der Waals surface area contributed by atoms with Crippen LogP contribution in [0.2, 0.25) is 5.02 Å². The van der Waals surface area contributed by atoms with Crippen LogP contribution in [0.4, 0.5) is 0 Å². The van der Waals surface area contributed by atoms with Crippen molar-refractivity contribution in [2.75, 3.05) is 7.05 Å². The fourth-order valence-corrected chi connectivity index (χ4v) is 2.76. The number of benzene rings is 1. The minimum atomic E-state index is 0.491. The Labute approximate surface area is 122 Å². The number of thiazole rings is 1. The van der Waals surface area contributed by atoms with Crippen molar-refractivity contribution in [3.63, 3.8) is 0 Å². The summed E-state index contributed by atoms with van der Waals surface area (Å²) in [4.78, 5) is 4.48. The molecule has 0 radical (unpaired) electrons. The van der Waals surface area contributed by atoms with E-state index in [0.717, 1.165) is 40.0 Å². The highest BCUT2D eigenvalue weighted by molar-refractivity contribution is 7.09. The van der Waals surface area contributed by atoms with Crippen molar-refractivity contribution in [1.29, 1.82) is 0 Å². The monoisotopic (exact) mass is 296 g/mol. The summed E-state index contributed by atoms with van der Waals surface area (Å²) in [5.74, 6) is 0.837. The van der Waals surface area contributed by atoms with Gasteiger partial charge in [0.05, 0.1) is 5.69 Å². The summed E-state index contributed by atoms with van der Waals surface area (Å²) in [6.45, 7) is 3.37. The van der Waals surface area contributed by atoms with Crippen LogP contribution in [0.3, 0.4) is 0 Å². The molecule has 1 aromatic heterocycles. The summed E-state index contributed by atoms with van der Waals surface area (Å²) in [5, 5.41) is 6.98. The number of hydrogen-bond acceptors (Lipinski definition) is 4. The zero-order valence-corrected chi connectivity index (χ0v) is 12.6. The number of aryl methyl sites for hydroxylation is 1. The van der Waals surface area contributed by atoms with Crippen molar-refractivity contribution in [1.82, 2.24) is 10.3 Å². The lowest BCUT2D eigenvalue weighted by Crippen LogP contribution is -2.05. The molecular weight excluding hydrogens is 280 g/mol. The Bertz CT molecular complexity index is 542. The molecule has 1 N–H and O–H groups in total. The molecule has 5 heteroatoms. The third-order valence-corrected chi connectivity index (χ3v) is 3.98. The first-order valence-corrected chi connectivity index (χ1v) is 7.47. The zero-order chi connectivity index (χ0) is 13.7. The second-order valence-corrected chi connectivity index (χ2v) is 5.51. The second-order valence-electron chi connectivity index (χ2n) is 4.16. The Morgan fingerprint density at radius 2 is 2.26 bits per heavy atom. The second kappa shape index (κ2) is 6.89. The SMILES string of the molecule is CCc1cc(OCc2csc(CNC)n2)ccc1Cl. The summed E-state index contributed by atoms with van der Waals surface area (Å²) in [6.07, 6.45) is 0.902. The first kappa shape index (κ1) is 14.3. The normalized spacial score (nSPS) is 10.7. The lowest BCUT2D eigenvalue weighted by molar-refractivity contribution is 0.301. The van der Waals surface area contributed by atoms with Gasteiger partial charge >= 0.3 is 0 Å². The van der Waals surface area contributed by atoms with Gasteiger partial charge in [0, 0.05) is 16.9 Å². The van der Waals surface area contributed by atoms with Gasteiger partial charge in [0.2, 0.25) is 0 Å². The van der Waals surface area contributed by atoms with E-state index in [0.29, 0.717) is 6.61 Å². The Morgan fingerprint density at radius 3 is 3.00 bits per heavy atom. The Balaban J connectivity index is 1.97. The van der Waals surface area contributed by atoms with Gasteiger partial charge in [-0.25, -0.2) is 4.98 Å². The maximum Gasteiger partial charge on any atom is 0.131 e. The molecule has 0 atom stereocenters. The molecule has 0 saturated carbocycles. The summed E-state index contributed by atoms with van der Waals surface area (Å²) in [7, 11) is 1.91.